The van der Waals surface area contributed by atoms with Crippen LogP contribution in [-0.2, 0) is 24.4 Å². The van der Waals surface area contributed by atoms with Crippen molar-refractivity contribution in [3.05, 3.63) is 35.4 Å². The summed E-state index contributed by atoms with van der Waals surface area (Å²) >= 11 is 0. The third kappa shape index (κ3) is 7.30. The Morgan fingerprint density at radius 2 is 1.36 bits per heavy atom. The highest BCUT2D eigenvalue weighted by atomic mass is 31.2. The van der Waals surface area contributed by atoms with Crippen LogP contribution in [0.5, 0.6) is 0 Å². The molecule has 1 rings (SSSR count). The molecule has 28 heavy (non-hydrogen) atoms. The second-order valence-corrected chi connectivity index (χ2v) is 12.3. The maximum Gasteiger partial charge on any atom is 0.472 e. The lowest BCUT2D eigenvalue weighted by Gasteiger charge is -2.37. The summed E-state index contributed by atoms with van der Waals surface area (Å²) in [7, 11) is -2.84. The normalized spacial score (nSPS) is 17.8. The van der Waals surface area contributed by atoms with Gasteiger partial charge in [-0.2, -0.15) is 0 Å². The lowest BCUT2D eigenvalue weighted by Crippen LogP contribution is -2.33. The predicted molar refractivity (Wildman–Crippen MR) is 118 cm³/mol. The van der Waals surface area contributed by atoms with Crippen molar-refractivity contribution in [1.29, 1.82) is 0 Å². The molecule has 1 N–H and O–H groups in total. The van der Waals surface area contributed by atoms with Gasteiger partial charge in [0.25, 0.3) is 0 Å². The van der Waals surface area contributed by atoms with Crippen LogP contribution in [-0.4, -0.2) is 17.6 Å². The molecule has 0 spiro atoms. The molecule has 4 nitrogen and oxygen atoms in total. The van der Waals surface area contributed by atoms with E-state index in [2.05, 4.69) is 77.3 Å². The van der Waals surface area contributed by atoms with E-state index in [1.165, 1.54) is 18.2 Å². The maximum absolute atomic E-state index is 11.8. The molecule has 0 heterocycles. The molecule has 0 saturated carbocycles. The first-order valence-corrected chi connectivity index (χ1v) is 11.7. The molecule has 1 aromatic rings. The van der Waals surface area contributed by atoms with Crippen molar-refractivity contribution in [3.8, 4) is 0 Å². The molecular formula is C23H41O4P. The summed E-state index contributed by atoms with van der Waals surface area (Å²) in [5, 5.41) is 0. The van der Waals surface area contributed by atoms with E-state index in [0.717, 1.165) is 12.8 Å². The van der Waals surface area contributed by atoms with Gasteiger partial charge < -0.3 is 4.89 Å². The molecule has 1 aromatic carbocycles. The van der Waals surface area contributed by atoms with Crippen molar-refractivity contribution < 1.29 is 18.5 Å². The summed E-state index contributed by atoms with van der Waals surface area (Å²) in [6, 6.07) is 8.87. The van der Waals surface area contributed by atoms with Gasteiger partial charge in [-0.05, 0) is 60.5 Å². The molecule has 0 amide bonds. The molecule has 0 radical (unpaired) electrons. The smallest absolute Gasteiger partial charge is 0.302 e. The summed E-state index contributed by atoms with van der Waals surface area (Å²) < 4.78 is 21.8. The Kier molecular flexibility index (Phi) is 7.79. The Labute approximate surface area is 172 Å². The summed E-state index contributed by atoms with van der Waals surface area (Å²) in [5.74, 6) is 0. The van der Waals surface area contributed by atoms with Crippen LogP contribution in [0, 0.1) is 5.41 Å². The first kappa shape index (κ1) is 25.4. The van der Waals surface area contributed by atoms with Crippen LogP contribution in [0.2, 0.25) is 0 Å². The zero-order chi connectivity index (χ0) is 22.0. The summed E-state index contributed by atoms with van der Waals surface area (Å²) in [6.07, 6.45) is 2.81. The highest BCUT2D eigenvalue weighted by molar-refractivity contribution is 7.47. The molecule has 2 atom stereocenters. The molecule has 2 unspecified atom stereocenters. The van der Waals surface area contributed by atoms with Crippen molar-refractivity contribution >= 4 is 7.82 Å². The minimum Gasteiger partial charge on any atom is -0.302 e. The highest BCUT2D eigenvalue weighted by Gasteiger charge is 2.37. The van der Waals surface area contributed by atoms with Crippen LogP contribution in [0.1, 0.15) is 92.7 Å². The number of phosphoric acid groups is 1. The van der Waals surface area contributed by atoms with Crippen molar-refractivity contribution in [1.82, 2.24) is 0 Å². The van der Waals surface area contributed by atoms with Gasteiger partial charge in [0.1, 0.15) is 0 Å². The topological polar surface area (TPSA) is 55.8 Å². The molecule has 0 aliphatic carbocycles. The van der Waals surface area contributed by atoms with E-state index in [1.807, 2.05) is 13.8 Å². The molecule has 0 aliphatic rings. The average molecular weight is 413 g/mol. The Hall–Kier alpha value is -0.670. The second kappa shape index (κ2) is 8.60. The van der Waals surface area contributed by atoms with Crippen molar-refractivity contribution in [2.75, 3.05) is 7.11 Å². The van der Waals surface area contributed by atoms with E-state index < -0.39 is 13.4 Å². The average Bonchev–Trinajstić information content (AvgIpc) is 2.51. The van der Waals surface area contributed by atoms with Crippen LogP contribution in [0.3, 0.4) is 0 Å². The van der Waals surface area contributed by atoms with E-state index in [9.17, 15) is 9.46 Å². The van der Waals surface area contributed by atoms with E-state index in [4.69, 9.17) is 4.52 Å². The van der Waals surface area contributed by atoms with Gasteiger partial charge in [0, 0.05) is 7.11 Å². The van der Waals surface area contributed by atoms with Crippen LogP contribution >= 0.6 is 7.82 Å². The second-order valence-electron chi connectivity index (χ2n) is 10.8. The van der Waals surface area contributed by atoms with Gasteiger partial charge in [0.15, 0.2) is 0 Å². The molecule has 0 fully saturated rings. The first-order chi connectivity index (χ1) is 12.5. The summed E-state index contributed by atoms with van der Waals surface area (Å²) in [4.78, 5) is 9.68. The molecule has 5 heteroatoms. The number of benzene rings is 1. The Balaban J connectivity index is 3.07. The van der Waals surface area contributed by atoms with Crippen LogP contribution < -0.4 is 0 Å². The van der Waals surface area contributed by atoms with Crippen molar-refractivity contribution in [3.63, 3.8) is 0 Å². The first-order valence-electron chi connectivity index (χ1n) is 10.2. The zero-order valence-corrected chi connectivity index (χ0v) is 20.4. The van der Waals surface area contributed by atoms with Gasteiger partial charge in [-0.25, -0.2) is 4.57 Å². The predicted octanol–water partition coefficient (Wildman–Crippen LogP) is 7.00. The number of phosphoric ester groups is 1. The highest BCUT2D eigenvalue weighted by Crippen LogP contribution is 2.49. The minimum absolute atomic E-state index is 0.144. The molecule has 0 saturated heterocycles. The lowest BCUT2D eigenvalue weighted by atomic mass is 9.68. The van der Waals surface area contributed by atoms with Crippen LogP contribution in [0.4, 0.5) is 0 Å². The van der Waals surface area contributed by atoms with Gasteiger partial charge in [-0.1, -0.05) is 72.7 Å². The third-order valence-electron chi connectivity index (χ3n) is 5.52. The fourth-order valence-electron chi connectivity index (χ4n) is 4.47. The largest absolute Gasteiger partial charge is 0.472 e. The Morgan fingerprint density at radius 3 is 1.75 bits per heavy atom. The van der Waals surface area contributed by atoms with E-state index in [1.54, 1.807) is 0 Å². The van der Waals surface area contributed by atoms with Crippen molar-refractivity contribution in [2.24, 2.45) is 5.41 Å². The molecule has 0 aliphatic heterocycles. The standard InChI is InChI=1S/C23H41O4P/c1-11-23(9,16-20(2,3)4)19-14-12-18(13-15-19)21(5,6)17-22(7,8)27-28(24,25)26-10/h12-15H,11,16-17H2,1-10H3,(H,24,25). The molecular weight excluding hydrogens is 371 g/mol. The Bertz CT molecular complexity index is 686. The third-order valence-corrected chi connectivity index (χ3v) is 6.71. The fraction of sp³-hybridized carbons (Fsp3) is 0.739. The number of rotatable bonds is 9. The molecule has 0 bridgehead atoms. The molecule has 162 valence electrons. The fourth-order valence-corrected chi connectivity index (χ4v) is 5.24. The van der Waals surface area contributed by atoms with E-state index in [0.29, 0.717) is 6.42 Å². The van der Waals surface area contributed by atoms with Gasteiger partial charge in [0.2, 0.25) is 0 Å². The van der Waals surface area contributed by atoms with Crippen LogP contribution in [0.15, 0.2) is 24.3 Å². The Morgan fingerprint density at radius 1 is 0.893 bits per heavy atom. The van der Waals surface area contributed by atoms with Gasteiger partial charge in [-0.3, -0.25) is 9.05 Å². The van der Waals surface area contributed by atoms with Crippen LogP contribution in [0.25, 0.3) is 0 Å². The zero-order valence-electron chi connectivity index (χ0n) is 19.5. The van der Waals surface area contributed by atoms with E-state index >= 15 is 0 Å². The number of hydrogen-bond donors (Lipinski definition) is 1. The number of hydrogen-bond acceptors (Lipinski definition) is 3. The quantitative estimate of drug-likeness (QED) is 0.444. The van der Waals surface area contributed by atoms with Crippen molar-refractivity contribution in [2.45, 2.75) is 98.0 Å². The lowest BCUT2D eigenvalue weighted by molar-refractivity contribution is 0.0352. The summed E-state index contributed by atoms with van der Waals surface area (Å²) in [6.45, 7) is 19.4. The monoisotopic (exact) mass is 412 g/mol. The SMILES string of the molecule is CCC(C)(CC(C)(C)C)c1ccc(C(C)(C)CC(C)(C)OP(=O)(O)OC)cc1. The molecule has 0 aromatic heterocycles. The van der Waals surface area contributed by atoms with Gasteiger partial charge in [-0.15, -0.1) is 0 Å². The van der Waals surface area contributed by atoms with Gasteiger partial charge in [0.05, 0.1) is 5.60 Å². The minimum atomic E-state index is -4.03. The van der Waals surface area contributed by atoms with Gasteiger partial charge >= 0.3 is 7.82 Å². The van der Waals surface area contributed by atoms with E-state index in [-0.39, 0.29) is 16.2 Å². The maximum atomic E-state index is 11.8. The summed E-state index contributed by atoms with van der Waals surface area (Å²) in [5.41, 5.74) is 1.94.